The van der Waals surface area contributed by atoms with E-state index in [1.807, 2.05) is 0 Å². The first kappa shape index (κ1) is 18.7. The number of nitrogens with zero attached hydrogens (tertiary/aromatic N) is 4. The van der Waals surface area contributed by atoms with Crippen LogP contribution in [0.15, 0.2) is 80.9 Å². The Kier molecular flexibility index (Phi) is 4.68. The van der Waals surface area contributed by atoms with Gasteiger partial charge in [-0.1, -0.05) is 36.0 Å². The van der Waals surface area contributed by atoms with Gasteiger partial charge in [0.05, 0.1) is 22.3 Å². The predicted molar refractivity (Wildman–Crippen MR) is 116 cm³/mol. The Hall–Kier alpha value is -3.30. The van der Waals surface area contributed by atoms with Crippen LogP contribution in [0.4, 0.5) is 4.39 Å². The van der Waals surface area contributed by atoms with Crippen molar-refractivity contribution in [3.05, 3.63) is 98.4 Å². The van der Waals surface area contributed by atoms with Crippen molar-refractivity contribution in [3.63, 3.8) is 0 Å². The second kappa shape index (κ2) is 7.51. The number of hydrogen-bond donors (Lipinski definition) is 0. The molecule has 0 aliphatic rings. The minimum atomic E-state index is -0.519. The van der Waals surface area contributed by atoms with E-state index in [1.54, 1.807) is 54.0 Å². The van der Waals surface area contributed by atoms with E-state index in [9.17, 15) is 14.0 Å². The molecule has 0 radical (unpaired) electrons. The fraction of sp³-hybridized carbons (Fsp3) is 0.0476. The highest BCUT2D eigenvalue weighted by molar-refractivity contribution is 7.98. The molecule has 30 heavy (non-hydrogen) atoms. The number of para-hydroxylation sites is 2. The van der Waals surface area contributed by atoms with Crippen LogP contribution in [0.25, 0.3) is 21.6 Å². The standard InChI is InChI=1S/C21H13FN4O2S2/c22-15-6-2-4-8-17(15)26-19(28)14-5-1-3-7-16(14)24-21(26)30-12-13-11-18(27)25-9-10-29-20(25)23-13/h1-11H,12H2. The molecule has 0 N–H and O–H groups in total. The average molecular weight is 436 g/mol. The third-order valence-corrected chi connectivity index (χ3v) is 6.27. The number of halogens is 1. The number of thiazole rings is 1. The van der Waals surface area contributed by atoms with E-state index in [2.05, 4.69) is 9.97 Å². The summed E-state index contributed by atoms with van der Waals surface area (Å²) in [5.41, 5.74) is 0.698. The lowest BCUT2D eigenvalue weighted by atomic mass is 10.2. The van der Waals surface area contributed by atoms with Crippen LogP contribution in [0.3, 0.4) is 0 Å². The van der Waals surface area contributed by atoms with Crippen LogP contribution in [-0.2, 0) is 5.75 Å². The third-order valence-electron chi connectivity index (χ3n) is 4.54. The first-order chi connectivity index (χ1) is 14.6. The second-order valence-corrected chi connectivity index (χ2v) is 8.25. The molecule has 3 heterocycles. The fourth-order valence-electron chi connectivity index (χ4n) is 3.15. The van der Waals surface area contributed by atoms with Gasteiger partial charge in [-0.25, -0.2) is 14.4 Å². The zero-order valence-corrected chi connectivity index (χ0v) is 17.0. The molecule has 3 aromatic heterocycles. The van der Waals surface area contributed by atoms with Gasteiger partial charge in [0, 0.05) is 23.4 Å². The highest BCUT2D eigenvalue weighted by Crippen LogP contribution is 2.25. The largest absolute Gasteiger partial charge is 0.269 e. The monoisotopic (exact) mass is 436 g/mol. The lowest BCUT2D eigenvalue weighted by Crippen LogP contribution is -2.22. The SMILES string of the molecule is O=c1c2ccccc2nc(SCc2cc(=O)n3ccsc3n2)n1-c1ccccc1F. The van der Waals surface area contributed by atoms with Crippen molar-refractivity contribution >= 4 is 39.0 Å². The Morgan fingerprint density at radius 3 is 2.70 bits per heavy atom. The summed E-state index contributed by atoms with van der Waals surface area (Å²) in [6.45, 7) is 0. The molecule has 148 valence electrons. The van der Waals surface area contributed by atoms with Crippen molar-refractivity contribution in [1.82, 2.24) is 18.9 Å². The molecule has 0 spiro atoms. The molecular weight excluding hydrogens is 423 g/mol. The number of thioether (sulfide) groups is 1. The van der Waals surface area contributed by atoms with Crippen molar-refractivity contribution in [1.29, 1.82) is 0 Å². The zero-order chi connectivity index (χ0) is 20.7. The van der Waals surface area contributed by atoms with Gasteiger partial charge in [-0.3, -0.25) is 18.6 Å². The number of aromatic nitrogens is 4. The van der Waals surface area contributed by atoms with E-state index in [0.29, 0.717) is 32.5 Å². The molecule has 2 aromatic carbocycles. The van der Waals surface area contributed by atoms with E-state index in [4.69, 9.17) is 0 Å². The lowest BCUT2D eigenvalue weighted by molar-refractivity contribution is 0.608. The Morgan fingerprint density at radius 2 is 1.83 bits per heavy atom. The molecule has 0 aliphatic carbocycles. The first-order valence-electron chi connectivity index (χ1n) is 8.97. The van der Waals surface area contributed by atoms with E-state index in [-0.39, 0.29) is 16.8 Å². The molecule has 5 aromatic rings. The maximum Gasteiger partial charge on any atom is 0.266 e. The summed E-state index contributed by atoms with van der Waals surface area (Å²) >= 11 is 2.60. The van der Waals surface area contributed by atoms with Crippen LogP contribution in [0.2, 0.25) is 0 Å². The summed E-state index contributed by atoms with van der Waals surface area (Å²) in [4.78, 5) is 35.1. The molecule has 9 heteroatoms. The fourth-order valence-corrected chi connectivity index (χ4v) is 4.79. The quantitative estimate of drug-likeness (QED) is 0.316. The molecule has 0 atom stereocenters. The maximum atomic E-state index is 14.5. The van der Waals surface area contributed by atoms with Gasteiger partial charge in [0.25, 0.3) is 11.1 Å². The topological polar surface area (TPSA) is 69.3 Å². The molecule has 0 fully saturated rings. The van der Waals surface area contributed by atoms with Crippen LogP contribution in [0.5, 0.6) is 0 Å². The van der Waals surface area contributed by atoms with Crippen molar-refractivity contribution < 1.29 is 4.39 Å². The van der Waals surface area contributed by atoms with Crippen molar-refractivity contribution in [3.8, 4) is 5.69 Å². The van der Waals surface area contributed by atoms with Crippen LogP contribution in [0, 0.1) is 5.82 Å². The van der Waals surface area contributed by atoms with E-state index in [1.165, 1.54) is 44.2 Å². The van der Waals surface area contributed by atoms with E-state index in [0.717, 1.165) is 0 Å². The smallest absolute Gasteiger partial charge is 0.266 e. The van der Waals surface area contributed by atoms with Crippen LogP contribution in [0.1, 0.15) is 5.69 Å². The van der Waals surface area contributed by atoms with Crippen LogP contribution in [-0.4, -0.2) is 18.9 Å². The molecular formula is C21H13FN4O2S2. The van der Waals surface area contributed by atoms with Crippen LogP contribution < -0.4 is 11.1 Å². The van der Waals surface area contributed by atoms with Crippen molar-refractivity contribution in [2.45, 2.75) is 10.9 Å². The second-order valence-electron chi connectivity index (χ2n) is 6.43. The van der Waals surface area contributed by atoms with Gasteiger partial charge in [0.1, 0.15) is 5.82 Å². The molecule has 0 saturated heterocycles. The maximum absolute atomic E-state index is 14.5. The molecule has 0 aliphatic heterocycles. The van der Waals surface area contributed by atoms with Crippen LogP contribution >= 0.6 is 23.1 Å². The minimum Gasteiger partial charge on any atom is -0.269 e. The zero-order valence-electron chi connectivity index (χ0n) is 15.4. The molecule has 0 amide bonds. The van der Waals surface area contributed by atoms with Gasteiger partial charge in [0.15, 0.2) is 10.1 Å². The molecule has 5 rings (SSSR count). The van der Waals surface area contributed by atoms with Crippen molar-refractivity contribution in [2.75, 3.05) is 0 Å². The molecule has 0 bridgehead atoms. The molecule has 0 saturated carbocycles. The number of rotatable bonds is 4. The van der Waals surface area contributed by atoms with Gasteiger partial charge in [-0.2, -0.15) is 0 Å². The highest BCUT2D eigenvalue weighted by Gasteiger charge is 2.16. The van der Waals surface area contributed by atoms with E-state index >= 15 is 0 Å². The Bertz CT molecular complexity index is 1520. The van der Waals surface area contributed by atoms with Gasteiger partial charge in [0.2, 0.25) is 0 Å². The average Bonchev–Trinajstić information content (AvgIpc) is 3.23. The Labute approximate surface area is 177 Å². The van der Waals surface area contributed by atoms with E-state index < -0.39 is 5.82 Å². The van der Waals surface area contributed by atoms with Gasteiger partial charge in [-0.05, 0) is 24.3 Å². The summed E-state index contributed by atoms with van der Waals surface area (Å²) < 4.78 is 17.3. The Balaban J connectivity index is 1.64. The number of benzene rings is 2. The third kappa shape index (κ3) is 3.21. The predicted octanol–water partition coefficient (Wildman–Crippen LogP) is 3.89. The lowest BCUT2D eigenvalue weighted by Gasteiger charge is -2.13. The first-order valence-corrected chi connectivity index (χ1v) is 10.8. The highest BCUT2D eigenvalue weighted by atomic mass is 32.2. The summed E-state index contributed by atoms with van der Waals surface area (Å²) in [6.07, 6.45) is 1.67. The molecule has 6 nitrogen and oxygen atoms in total. The van der Waals surface area contributed by atoms with Gasteiger partial charge in [-0.15, -0.1) is 11.3 Å². The number of fused-ring (bicyclic) bond motifs is 2. The summed E-state index contributed by atoms with van der Waals surface area (Å²) in [7, 11) is 0. The minimum absolute atomic E-state index is 0.130. The molecule has 0 unspecified atom stereocenters. The van der Waals surface area contributed by atoms with Crippen molar-refractivity contribution in [2.24, 2.45) is 0 Å². The summed E-state index contributed by atoms with van der Waals surface area (Å²) in [5.74, 6) is -0.210. The normalized spacial score (nSPS) is 11.4. The Morgan fingerprint density at radius 1 is 1.03 bits per heavy atom. The van der Waals surface area contributed by atoms with Gasteiger partial charge >= 0.3 is 0 Å². The van der Waals surface area contributed by atoms with Gasteiger partial charge < -0.3 is 0 Å². The number of hydrogen-bond acceptors (Lipinski definition) is 6. The summed E-state index contributed by atoms with van der Waals surface area (Å²) in [6, 6.07) is 14.5. The summed E-state index contributed by atoms with van der Waals surface area (Å²) in [5, 5.41) is 2.53.